The fourth-order valence-electron chi connectivity index (χ4n) is 2.46. The van der Waals surface area contributed by atoms with Gasteiger partial charge in [0.2, 0.25) is 0 Å². The van der Waals surface area contributed by atoms with E-state index in [0.29, 0.717) is 22.3 Å². The van der Waals surface area contributed by atoms with Crippen LogP contribution in [0.2, 0.25) is 10.0 Å². The van der Waals surface area contributed by atoms with Crippen LogP contribution < -0.4 is 10.1 Å². The summed E-state index contributed by atoms with van der Waals surface area (Å²) in [6.07, 6.45) is 2.99. The zero-order valence-electron chi connectivity index (χ0n) is 12.3. The van der Waals surface area contributed by atoms with Crippen LogP contribution in [0, 0.1) is 0 Å². The monoisotopic (exact) mass is 347 g/mol. The quantitative estimate of drug-likeness (QED) is 0.882. The molecule has 23 heavy (non-hydrogen) atoms. The molecule has 3 rings (SSSR count). The predicted molar refractivity (Wildman–Crippen MR) is 93.1 cm³/mol. The smallest absolute Gasteiger partial charge is 0.258 e. The maximum Gasteiger partial charge on any atom is 0.258 e. The van der Waals surface area contributed by atoms with Gasteiger partial charge in [0.1, 0.15) is 5.75 Å². The molecule has 118 valence electrons. The molecule has 2 aromatic rings. The van der Waals surface area contributed by atoms with Crippen LogP contribution in [0.3, 0.4) is 0 Å². The first kappa shape index (κ1) is 15.9. The normalized spacial score (nSPS) is 12.5. The number of benzene rings is 2. The molecule has 1 amide bonds. The molecule has 0 fully saturated rings. The maximum absolute atomic E-state index is 11.9. The summed E-state index contributed by atoms with van der Waals surface area (Å²) in [7, 11) is 0. The minimum absolute atomic E-state index is 0.0818. The van der Waals surface area contributed by atoms with Gasteiger partial charge < -0.3 is 10.1 Å². The first-order chi connectivity index (χ1) is 11.1. The summed E-state index contributed by atoms with van der Waals surface area (Å²) < 4.78 is 5.41. The molecule has 0 saturated heterocycles. The highest BCUT2D eigenvalue weighted by atomic mass is 35.5. The fraction of sp³-hybridized carbons (Fsp3) is 0.167. The molecule has 0 saturated carbocycles. The topological polar surface area (TPSA) is 38.3 Å². The van der Waals surface area contributed by atoms with Crippen molar-refractivity contribution in [1.82, 2.24) is 5.32 Å². The summed E-state index contributed by atoms with van der Waals surface area (Å²) in [6.45, 7) is 0.437. The molecule has 1 aliphatic rings. The summed E-state index contributed by atoms with van der Waals surface area (Å²) in [5, 5.41) is 3.77. The van der Waals surface area contributed by atoms with Crippen LogP contribution >= 0.6 is 23.2 Å². The summed E-state index contributed by atoms with van der Waals surface area (Å²) in [5.41, 5.74) is 3.70. The van der Waals surface area contributed by atoms with Crippen molar-refractivity contribution in [3.05, 3.63) is 69.2 Å². The van der Waals surface area contributed by atoms with Crippen LogP contribution in [0.15, 0.2) is 48.0 Å². The molecule has 1 aliphatic carbocycles. The highest BCUT2D eigenvalue weighted by Crippen LogP contribution is 2.27. The number of rotatable bonds is 5. The minimum atomic E-state index is -0.187. The average molecular weight is 348 g/mol. The van der Waals surface area contributed by atoms with E-state index >= 15 is 0 Å². The molecule has 1 N–H and O–H groups in total. The zero-order chi connectivity index (χ0) is 16.2. The van der Waals surface area contributed by atoms with Crippen molar-refractivity contribution in [2.24, 2.45) is 0 Å². The van der Waals surface area contributed by atoms with Gasteiger partial charge in [0.15, 0.2) is 6.61 Å². The summed E-state index contributed by atoms with van der Waals surface area (Å²) in [5.74, 6) is 0.256. The highest BCUT2D eigenvalue weighted by molar-refractivity contribution is 6.35. The second-order valence-corrected chi connectivity index (χ2v) is 6.16. The molecule has 3 nitrogen and oxygen atoms in total. The predicted octanol–water partition coefficient (Wildman–Crippen LogP) is 4.13. The van der Waals surface area contributed by atoms with E-state index in [0.717, 1.165) is 6.42 Å². The molecule has 0 spiro atoms. The third kappa shape index (κ3) is 4.06. The number of carbonyl (C=O) groups excluding carboxylic acids is 1. The molecule has 0 aliphatic heterocycles. The van der Waals surface area contributed by atoms with Crippen molar-refractivity contribution in [3.63, 3.8) is 0 Å². The van der Waals surface area contributed by atoms with Gasteiger partial charge >= 0.3 is 0 Å². The largest absolute Gasteiger partial charge is 0.482 e. The van der Waals surface area contributed by atoms with Gasteiger partial charge in [0.25, 0.3) is 5.91 Å². The van der Waals surface area contributed by atoms with Crippen molar-refractivity contribution in [3.8, 4) is 5.75 Å². The number of fused-ring (bicyclic) bond motifs is 1. The lowest BCUT2D eigenvalue weighted by Crippen LogP contribution is -2.30. The third-order valence-corrected chi connectivity index (χ3v) is 4.13. The molecular formula is C18H15Cl2NO2. The number of hydrogen-bond acceptors (Lipinski definition) is 2. The molecule has 0 unspecified atom stereocenters. The Balaban J connectivity index is 1.47. The van der Waals surface area contributed by atoms with E-state index in [9.17, 15) is 4.79 Å². The van der Waals surface area contributed by atoms with Gasteiger partial charge in [-0.1, -0.05) is 53.5 Å². The second kappa shape index (κ2) is 7.07. The van der Waals surface area contributed by atoms with Gasteiger partial charge in [-0.3, -0.25) is 4.79 Å². The SMILES string of the molecule is O=C(COc1ccc(Cl)cc1Cl)NCC1=Cc2ccccc2C1. The lowest BCUT2D eigenvalue weighted by Gasteiger charge is -2.09. The number of ether oxygens (including phenoxy) is 1. The first-order valence-corrected chi connectivity index (χ1v) is 7.99. The number of hydrogen-bond donors (Lipinski definition) is 1. The van der Waals surface area contributed by atoms with Crippen LogP contribution in [-0.2, 0) is 11.2 Å². The molecule has 0 heterocycles. The Morgan fingerprint density at radius 3 is 2.78 bits per heavy atom. The van der Waals surface area contributed by atoms with E-state index in [-0.39, 0.29) is 12.5 Å². The zero-order valence-corrected chi connectivity index (χ0v) is 13.8. The Kier molecular flexibility index (Phi) is 4.89. The van der Waals surface area contributed by atoms with Gasteiger partial charge in [0.05, 0.1) is 5.02 Å². The van der Waals surface area contributed by atoms with E-state index in [1.54, 1.807) is 18.2 Å². The molecule has 0 radical (unpaired) electrons. The lowest BCUT2D eigenvalue weighted by atomic mass is 10.1. The summed E-state index contributed by atoms with van der Waals surface area (Å²) in [6, 6.07) is 13.1. The Hall–Kier alpha value is -1.97. The second-order valence-electron chi connectivity index (χ2n) is 5.32. The number of halogens is 2. The van der Waals surface area contributed by atoms with Crippen LogP contribution in [0.25, 0.3) is 6.08 Å². The van der Waals surface area contributed by atoms with Crippen LogP contribution in [0.4, 0.5) is 0 Å². The summed E-state index contributed by atoms with van der Waals surface area (Å²) >= 11 is 11.8. The Morgan fingerprint density at radius 2 is 2.00 bits per heavy atom. The van der Waals surface area contributed by atoms with E-state index in [2.05, 4.69) is 23.5 Å². The van der Waals surface area contributed by atoms with Crippen molar-refractivity contribution in [1.29, 1.82) is 0 Å². The Labute approximate surface area is 144 Å². The van der Waals surface area contributed by atoms with Crippen molar-refractivity contribution in [2.75, 3.05) is 13.2 Å². The summed E-state index contributed by atoms with van der Waals surface area (Å²) in [4.78, 5) is 11.9. The first-order valence-electron chi connectivity index (χ1n) is 7.24. The van der Waals surface area contributed by atoms with Gasteiger partial charge in [-0.05, 0) is 41.3 Å². The molecule has 2 aromatic carbocycles. The van der Waals surface area contributed by atoms with E-state index in [4.69, 9.17) is 27.9 Å². The maximum atomic E-state index is 11.9. The van der Waals surface area contributed by atoms with Gasteiger partial charge in [-0.25, -0.2) is 0 Å². The van der Waals surface area contributed by atoms with Crippen LogP contribution in [-0.4, -0.2) is 19.1 Å². The molecule has 0 aromatic heterocycles. The van der Waals surface area contributed by atoms with Crippen LogP contribution in [0.5, 0.6) is 5.75 Å². The minimum Gasteiger partial charge on any atom is -0.482 e. The third-order valence-electron chi connectivity index (χ3n) is 3.60. The highest BCUT2D eigenvalue weighted by Gasteiger charge is 2.13. The average Bonchev–Trinajstić information content (AvgIpc) is 2.95. The number of carbonyl (C=O) groups is 1. The van der Waals surface area contributed by atoms with Gasteiger partial charge in [-0.15, -0.1) is 0 Å². The van der Waals surface area contributed by atoms with Crippen LogP contribution in [0.1, 0.15) is 11.1 Å². The fourth-order valence-corrected chi connectivity index (χ4v) is 2.93. The number of amides is 1. The van der Waals surface area contributed by atoms with Crippen molar-refractivity contribution < 1.29 is 9.53 Å². The lowest BCUT2D eigenvalue weighted by molar-refractivity contribution is -0.122. The van der Waals surface area contributed by atoms with Crippen molar-refractivity contribution >= 4 is 35.2 Å². The van der Waals surface area contributed by atoms with Gasteiger partial charge in [0, 0.05) is 11.6 Å². The Bertz CT molecular complexity index is 771. The van der Waals surface area contributed by atoms with E-state index in [1.807, 2.05) is 12.1 Å². The standard InChI is InChI=1S/C18H15Cl2NO2/c19-15-5-6-17(16(20)9-15)23-11-18(22)21-10-12-7-13-3-1-2-4-14(13)8-12/h1-7,9H,8,10-11H2,(H,21,22). The molecule has 0 atom stereocenters. The van der Waals surface area contributed by atoms with E-state index in [1.165, 1.54) is 16.7 Å². The molecular weight excluding hydrogens is 333 g/mol. The number of nitrogens with one attached hydrogen (secondary N) is 1. The van der Waals surface area contributed by atoms with Gasteiger partial charge in [-0.2, -0.15) is 0 Å². The van der Waals surface area contributed by atoms with E-state index < -0.39 is 0 Å². The van der Waals surface area contributed by atoms with Crippen molar-refractivity contribution in [2.45, 2.75) is 6.42 Å². The molecule has 5 heteroatoms. The molecule has 0 bridgehead atoms. The Morgan fingerprint density at radius 1 is 1.17 bits per heavy atom.